The zero-order valence-corrected chi connectivity index (χ0v) is 9.45. The van der Waals surface area contributed by atoms with E-state index in [1.165, 1.54) is 19.3 Å². The lowest BCUT2D eigenvalue weighted by Gasteiger charge is -2.28. The van der Waals surface area contributed by atoms with E-state index in [-0.39, 0.29) is 0 Å². The van der Waals surface area contributed by atoms with Crippen molar-refractivity contribution in [1.82, 2.24) is 5.32 Å². The second kappa shape index (κ2) is 5.83. The Morgan fingerprint density at radius 3 is 2.73 bits per heavy atom. The largest absolute Gasteiger partial charge is 0.396 e. The normalized spacial score (nSPS) is 29.0. The minimum Gasteiger partial charge on any atom is -0.396 e. The Bertz CT molecular complexity index is 176. The van der Waals surface area contributed by atoms with Gasteiger partial charge in [0.25, 0.3) is 0 Å². The van der Waals surface area contributed by atoms with Gasteiger partial charge >= 0.3 is 0 Å². The Balaban J connectivity index is 1.61. The first-order chi connectivity index (χ1) is 7.40. The highest BCUT2D eigenvalue weighted by molar-refractivity contribution is 4.78. The Hall–Kier alpha value is -0.120. The summed E-state index contributed by atoms with van der Waals surface area (Å²) in [5.41, 5.74) is 0. The molecule has 0 spiro atoms. The molecule has 2 fully saturated rings. The van der Waals surface area contributed by atoms with Crippen molar-refractivity contribution >= 4 is 0 Å². The molecule has 0 aromatic rings. The third-order valence-corrected chi connectivity index (χ3v) is 3.92. The van der Waals surface area contributed by atoms with Gasteiger partial charge in [0.2, 0.25) is 0 Å². The van der Waals surface area contributed by atoms with Crippen LogP contribution in [0.4, 0.5) is 0 Å². The van der Waals surface area contributed by atoms with Gasteiger partial charge in [0.1, 0.15) is 0 Å². The molecule has 2 unspecified atom stereocenters. The number of hydrogen-bond donors (Lipinski definition) is 2. The topological polar surface area (TPSA) is 41.5 Å². The molecular weight excluding hydrogens is 190 g/mol. The first-order valence-electron chi connectivity index (χ1n) is 6.32. The van der Waals surface area contributed by atoms with Crippen LogP contribution in [0.3, 0.4) is 0 Å². The van der Waals surface area contributed by atoms with Gasteiger partial charge in [-0.25, -0.2) is 0 Å². The Morgan fingerprint density at radius 1 is 1.33 bits per heavy atom. The van der Waals surface area contributed by atoms with Gasteiger partial charge in [-0.1, -0.05) is 6.42 Å². The molecule has 2 rings (SSSR count). The van der Waals surface area contributed by atoms with E-state index >= 15 is 0 Å². The van der Waals surface area contributed by atoms with Crippen molar-refractivity contribution in [3.63, 3.8) is 0 Å². The molecule has 1 aliphatic heterocycles. The van der Waals surface area contributed by atoms with Crippen molar-refractivity contribution < 1.29 is 9.84 Å². The average molecular weight is 213 g/mol. The van der Waals surface area contributed by atoms with Crippen molar-refractivity contribution in [2.24, 2.45) is 11.8 Å². The molecule has 1 saturated carbocycles. The van der Waals surface area contributed by atoms with Crippen molar-refractivity contribution in [3.8, 4) is 0 Å². The summed E-state index contributed by atoms with van der Waals surface area (Å²) in [5.74, 6) is 1.04. The SMILES string of the molecule is OCC(CCNC1CCC1)C1CCOC1. The van der Waals surface area contributed by atoms with Crippen molar-refractivity contribution in [2.45, 2.75) is 38.1 Å². The van der Waals surface area contributed by atoms with Gasteiger partial charge in [-0.05, 0) is 44.1 Å². The molecule has 1 aliphatic carbocycles. The van der Waals surface area contributed by atoms with E-state index < -0.39 is 0 Å². The summed E-state index contributed by atoms with van der Waals surface area (Å²) in [6.07, 6.45) is 6.31. The van der Waals surface area contributed by atoms with Gasteiger partial charge in [-0.2, -0.15) is 0 Å². The molecule has 3 heteroatoms. The van der Waals surface area contributed by atoms with Crippen LogP contribution >= 0.6 is 0 Å². The first kappa shape index (κ1) is 11.4. The van der Waals surface area contributed by atoms with E-state index in [1.54, 1.807) is 0 Å². The third-order valence-electron chi connectivity index (χ3n) is 3.92. The van der Waals surface area contributed by atoms with Crippen LogP contribution in [0, 0.1) is 11.8 Å². The molecule has 0 bridgehead atoms. The van der Waals surface area contributed by atoms with Crippen LogP contribution in [-0.2, 0) is 4.74 Å². The number of nitrogens with one attached hydrogen (secondary N) is 1. The molecule has 2 aliphatic rings. The minimum absolute atomic E-state index is 0.320. The molecule has 1 heterocycles. The second-order valence-electron chi connectivity index (χ2n) is 4.94. The van der Waals surface area contributed by atoms with Gasteiger partial charge in [0, 0.05) is 25.9 Å². The maximum atomic E-state index is 9.34. The van der Waals surface area contributed by atoms with E-state index in [9.17, 15) is 5.11 Å². The first-order valence-corrected chi connectivity index (χ1v) is 6.32. The third kappa shape index (κ3) is 3.16. The van der Waals surface area contributed by atoms with Gasteiger partial charge in [0.05, 0.1) is 0 Å². The van der Waals surface area contributed by atoms with E-state index in [4.69, 9.17) is 4.74 Å². The average Bonchev–Trinajstić information content (AvgIpc) is 2.68. The molecule has 88 valence electrons. The fourth-order valence-corrected chi connectivity index (χ4v) is 2.49. The molecule has 2 atom stereocenters. The predicted octanol–water partition coefficient (Wildman–Crippen LogP) is 1.16. The zero-order valence-electron chi connectivity index (χ0n) is 9.45. The maximum Gasteiger partial charge on any atom is 0.0498 e. The summed E-state index contributed by atoms with van der Waals surface area (Å²) in [4.78, 5) is 0. The highest BCUT2D eigenvalue weighted by Gasteiger charge is 2.25. The standard InChI is InChI=1S/C12H23NO2/c14-8-10(11-5-7-15-9-11)4-6-13-12-2-1-3-12/h10-14H,1-9H2. The number of aliphatic hydroxyl groups excluding tert-OH is 1. The lowest BCUT2D eigenvalue weighted by atomic mass is 9.88. The van der Waals surface area contributed by atoms with Crippen LogP contribution in [0.25, 0.3) is 0 Å². The number of hydrogen-bond acceptors (Lipinski definition) is 3. The number of aliphatic hydroxyl groups is 1. The van der Waals surface area contributed by atoms with Crippen LogP contribution in [0.1, 0.15) is 32.1 Å². The van der Waals surface area contributed by atoms with Crippen molar-refractivity contribution in [3.05, 3.63) is 0 Å². The molecule has 0 aromatic heterocycles. The van der Waals surface area contributed by atoms with Gasteiger partial charge in [0.15, 0.2) is 0 Å². The smallest absolute Gasteiger partial charge is 0.0498 e. The number of rotatable bonds is 6. The molecule has 0 radical (unpaired) electrons. The molecule has 0 aromatic carbocycles. The molecule has 0 amide bonds. The Morgan fingerprint density at radius 2 is 2.20 bits per heavy atom. The minimum atomic E-state index is 0.320. The molecular formula is C12H23NO2. The second-order valence-corrected chi connectivity index (χ2v) is 4.94. The molecule has 3 nitrogen and oxygen atoms in total. The van der Waals surface area contributed by atoms with E-state index in [2.05, 4.69) is 5.32 Å². The number of ether oxygens (including phenoxy) is 1. The fourth-order valence-electron chi connectivity index (χ4n) is 2.49. The van der Waals surface area contributed by atoms with Gasteiger partial charge in [-0.15, -0.1) is 0 Å². The molecule has 2 N–H and O–H groups in total. The highest BCUT2D eigenvalue weighted by Crippen LogP contribution is 2.24. The summed E-state index contributed by atoms with van der Waals surface area (Å²) in [6, 6.07) is 0.768. The van der Waals surface area contributed by atoms with E-state index in [0.29, 0.717) is 18.4 Å². The summed E-state index contributed by atoms with van der Waals surface area (Å²) in [6.45, 7) is 3.12. The van der Waals surface area contributed by atoms with Crippen LogP contribution in [0.5, 0.6) is 0 Å². The van der Waals surface area contributed by atoms with Crippen LogP contribution in [-0.4, -0.2) is 37.5 Å². The summed E-state index contributed by atoms with van der Waals surface area (Å²) < 4.78 is 5.37. The van der Waals surface area contributed by atoms with E-state index in [0.717, 1.165) is 38.6 Å². The zero-order chi connectivity index (χ0) is 10.5. The predicted molar refractivity (Wildman–Crippen MR) is 59.8 cm³/mol. The summed E-state index contributed by atoms with van der Waals surface area (Å²) in [5, 5.41) is 12.9. The molecule has 1 saturated heterocycles. The van der Waals surface area contributed by atoms with Crippen molar-refractivity contribution in [1.29, 1.82) is 0 Å². The molecule has 15 heavy (non-hydrogen) atoms. The van der Waals surface area contributed by atoms with Crippen molar-refractivity contribution in [2.75, 3.05) is 26.4 Å². The lowest BCUT2D eigenvalue weighted by Crippen LogP contribution is -2.37. The Kier molecular flexibility index (Phi) is 4.42. The van der Waals surface area contributed by atoms with Crippen LogP contribution < -0.4 is 5.32 Å². The maximum absolute atomic E-state index is 9.34. The van der Waals surface area contributed by atoms with Gasteiger partial charge in [-0.3, -0.25) is 0 Å². The Labute approximate surface area is 92.2 Å². The van der Waals surface area contributed by atoms with Crippen LogP contribution in [0.15, 0.2) is 0 Å². The highest BCUT2D eigenvalue weighted by atomic mass is 16.5. The quantitative estimate of drug-likeness (QED) is 0.696. The summed E-state index contributed by atoms with van der Waals surface area (Å²) >= 11 is 0. The monoisotopic (exact) mass is 213 g/mol. The van der Waals surface area contributed by atoms with Crippen LogP contribution in [0.2, 0.25) is 0 Å². The summed E-state index contributed by atoms with van der Waals surface area (Å²) in [7, 11) is 0. The fraction of sp³-hybridized carbons (Fsp3) is 1.00. The van der Waals surface area contributed by atoms with Gasteiger partial charge < -0.3 is 15.2 Å². The van der Waals surface area contributed by atoms with E-state index in [1.807, 2.05) is 0 Å². The lowest BCUT2D eigenvalue weighted by molar-refractivity contribution is 0.133.